The van der Waals surface area contributed by atoms with Crippen molar-refractivity contribution in [3.8, 4) is 0 Å². The highest BCUT2D eigenvalue weighted by Gasteiger charge is 2.35. The minimum absolute atomic E-state index is 0.116. The van der Waals surface area contributed by atoms with Gasteiger partial charge in [-0.15, -0.1) is 0 Å². The van der Waals surface area contributed by atoms with Gasteiger partial charge in [0.25, 0.3) is 0 Å². The SMILES string of the molecule is CCC1CCN(C(C)(CN)Cc2ccccc2)C1. The zero-order valence-corrected chi connectivity index (χ0v) is 11.7. The Labute approximate surface area is 111 Å². The average molecular weight is 246 g/mol. The topological polar surface area (TPSA) is 29.3 Å². The first-order chi connectivity index (χ1) is 8.68. The van der Waals surface area contributed by atoms with Crippen molar-refractivity contribution in [1.82, 2.24) is 4.90 Å². The Bertz CT molecular complexity index is 363. The van der Waals surface area contributed by atoms with Crippen LogP contribution < -0.4 is 5.73 Å². The molecule has 1 aromatic rings. The average Bonchev–Trinajstić information content (AvgIpc) is 2.89. The molecule has 0 saturated carbocycles. The number of likely N-dealkylation sites (tertiary alicyclic amines) is 1. The maximum Gasteiger partial charge on any atom is 0.0343 e. The summed E-state index contributed by atoms with van der Waals surface area (Å²) >= 11 is 0. The van der Waals surface area contributed by atoms with Gasteiger partial charge in [0, 0.05) is 18.6 Å². The molecule has 2 N–H and O–H groups in total. The van der Waals surface area contributed by atoms with Crippen LogP contribution in [-0.4, -0.2) is 30.1 Å². The van der Waals surface area contributed by atoms with Gasteiger partial charge in [-0.1, -0.05) is 43.7 Å². The highest BCUT2D eigenvalue weighted by molar-refractivity contribution is 5.18. The summed E-state index contributed by atoms with van der Waals surface area (Å²) in [4.78, 5) is 2.61. The Morgan fingerprint density at radius 2 is 2.06 bits per heavy atom. The maximum atomic E-state index is 6.08. The fourth-order valence-electron chi connectivity index (χ4n) is 3.00. The van der Waals surface area contributed by atoms with Crippen molar-refractivity contribution in [2.24, 2.45) is 11.7 Å². The Morgan fingerprint density at radius 1 is 1.33 bits per heavy atom. The summed E-state index contributed by atoms with van der Waals surface area (Å²) in [5.41, 5.74) is 7.59. The van der Waals surface area contributed by atoms with E-state index in [0.717, 1.165) is 18.9 Å². The number of nitrogens with two attached hydrogens (primary N) is 1. The van der Waals surface area contributed by atoms with Gasteiger partial charge < -0.3 is 5.73 Å². The quantitative estimate of drug-likeness (QED) is 0.865. The summed E-state index contributed by atoms with van der Waals surface area (Å²) in [6.45, 7) is 7.78. The summed E-state index contributed by atoms with van der Waals surface area (Å²) in [5, 5.41) is 0. The summed E-state index contributed by atoms with van der Waals surface area (Å²) in [6, 6.07) is 10.7. The molecule has 1 aliphatic heterocycles. The second-order valence-electron chi connectivity index (χ2n) is 5.87. The molecular weight excluding hydrogens is 220 g/mol. The Hall–Kier alpha value is -0.860. The highest BCUT2D eigenvalue weighted by Crippen LogP contribution is 2.28. The van der Waals surface area contributed by atoms with Crippen molar-refractivity contribution in [2.75, 3.05) is 19.6 Å². The van der Waals surface area contributed by atoms with Crippen LogP contribution in [0.4, 0.5) is 0 Å². The van der Waals surface area contributed by atoms with E-state index in [-0.39, 0.29) is 5.54 Å². The van der Waals surface area contributed by atoms with Crippen molar-refractivity contribution >= 4 is 0 Å². The van der Waals surface area contributed by atoms with Crippen LogP contribution in [0.25, 0.3) is 0 Å². The maximum absolute atomic E-state index is 6.08. The van der Waals surface area contributed by atoms with Gasteiger partial charge in [-0.25, -0.2) is 0 Å². The predicted molar refractivity (Wildman–Crippen MR) is 77.6 cm³/mol. The summed E-state index contributed by atoms with van der Waals surface area (Å²) in [6.07, 6.45) is 3.68. The van der Waals surface area contributed by atoms with Gasteiger partial charge in [0.15, 0.2) is 0 Å². The van der Waals surface area contributed by atoms with Crippen LogP contribution in [-0.2, 0) is 6.42 Å². The first-order valence-electron chi connectivity index (χ1n) is 7.17. The highest BCUT2D eigenvalue weighted by atomic mass is 15.2. The molecule has 0 spiro atoms. The third kappa shape index (κ3) is 2.93. The van der Waals surface area contributed by atoms with E-state index < -0.39 is 0 Å². The minimum Gasteiger partial charge on any atom is -0.329 e. The number of hydrogen-bond donors (Lipinski definition) is 1. The third-order valence-electron chi connectivity index (χ3n) is 4.49. The number of benzene rings is 1. The van der Waals surface area contributed by atoms with Gasteiger partial charge in [0.05, 0.1) is 0 Å². The van der Waals surface area contributed by atoms with Gasteiger partial charge in [-0.3, -0.25) is 4.90 Å². The van der Waals surface area contributed by atoms with E-state index >= 15 is 0 Å². The Morgan fingerprint density at radius 3 is 2.61 bits per heavy atom. The van der Waals surface area contributed by atoms with Gasteiger partial charge >= 0.3 is 0 Å². The standard InChI is InChI=1S/C16H26N2/c1-3-14-9-10-18(12-14)16(2,13-17)11-15-7-5-4-6-8-15/h4-8,14H,3,9-13,17H2,1-2H3. The van der Waals surface area contributed by atoms with Crippen molar-refractivity contribution < 1.29 is 0 Å². The van der Waals surface area contributed by atoms with Crippen LogP contribution in [0.1, 0.15) is 32.3 Å². The normalized spacial score (nSPS) is 24.1. The molecule has 1 heterocycles. The molecular formula is C16H26N2. The van der Waals surface area contributed by atoms with Gasteiger partial charge in [-0.05, 0) is 37.8 Å². The third-order valence-corrected chi connectivity index (χ3v) is 4.49. The van der Waals surface area contributed by atoms with Crippen LogP contribution >= 0.6 is 0 Å². The number of rotatable bonds is 5. The smallest absolute Gasteiger partial charge is 0.0343 e. The predicted octanol–water partition coefficient (Wildman–Crippen LogP) is 2.68. The zero-order valence-electron chi connectivity index (χ0n) is 11.7. The molecule has 0 radical (unpaired) electrons. The first kappa shape index (κ1) is 13.6. The van der Waals surface area contributed by atoms with Crippen LogP contribution in [0.5, 0.6) is 0 Å². The molecule has 0 aromatic heterocycles. The molecule has 0 aliphatic carbocycles. The van der Waals surface area contributed by atoms with Crippen LogP contribution in [0.15, 0.2) is 30.3 Å². The number of hydrogen-bond acceptors (Lipinski definition) is 2. The van der Waals surface area contributed by atoms with Crippen molar-refractivity contribution in [2.45, 2.75) is 38.6 Å². The fourth-order valence-corrected chi connectivity index (χ4v) is 3.00. The first-order valence-corrected chi connectivity index (χ1v) is 7.17. The molecule has 0 bridgehead atoms. The summed E-state index contributed by atoms with van der Waals surface area (Å²) < 4.78 is 0. The van der Waals surface area contributed by atoms with E-state index in [0.29, 0.717) is 0 Å². The molecule has 2 atom stereocenters. The van der Waals surface area contributed by atoms with Gasteiger partial charge in [0.2, 0.25) is 0 Å². The Kier molecular flexibility index (Phi) is 4.41. The van der Waals surface area contributed by atoms with Gasteiger partial charge in [-0.2, -0.15) is 0 Å². The van der Waals surface area contributed by atoms with E-state index in [4.69, 9.17) is 5.73 Å². The molecule has 18 heavy (non-hydrogen) atoms. The molecule has 1 fully saturated rings. The molecule has 2 unspecified atom stereocenters. The second-order valence-corrected chi connectivity index (χ2v) is 5.87. The van der Waals surface area contributed by atoms with Crippen LogP contribution in [0.2, 0.25) is 0 Å². The molecule has 2 heteroatoms. The van der Waals surface area contributed by atoms with E-state index in [2.05, 4.69) is 49.1 Å². The largest absolute Gasteiger partial charge is 0.329 e. The molecule has 1 aromatic carbocycles. The Balaban J connectivity index is 2.06. The van der Waals surface area contributed by atoms with Crippen molar-refractivity contribution in [1.29, 1.82) is 0 Å². The summed E-state index contributed by atoms with van der Waals surface area (Å²) in [5.74, 6) is 0.867. The molecule has 1 aliphatic rings. The molecule has 1 saturated heterocycles. The molecule has 2 nitrogen and oxygen atoms in total. The fraction of sp³-hybridized carbons (Fsp3) is 0.625. The van der Waals surface area contributed by atoms with Crippen molar-refractivity contribution in [3.63, 3.8) is 0 Å². The van der Waals surface area contributed by atoms with E-state index in [1.54, 1.807) is 0 Å². The van der Waals surface area contributed by atoms with Crippen LogP contribution in [0.3, 0.4) is 0 Å². The molecule has 0 amide bonds. The minimum atomic E-state index is 0.116. The molecule has 100 valence electrons. The lowest BCUT2D eigenvalue weighted by molar-refractivity contribution is 0.137. The zero-order chi connectivity index (χ0) is 13.0. The lowest BCUT2D eigenvalue weighted by Crippen LogP contribution is -2.52. The van der Waals surface area contributed by atoms with E-state index in [1.807, 2.05) is 0 Å². The molecule has 2 rings (SSSR count). The van der Waals surface area contributed by atoms with E-state index in [9.17, 15) is 0 Å². The van der Waals surface area contributed by atoms with Gasteiger partial charge in [0.1, 0.15) is 0 Å². The second kappa shape index (κ2) is 5.85. The lowest BCUT2D eigenvalue weighted by atomic mass is 9.91. The monoisotopic (exact) mass is 246 g/mol. The number of nitrogens with zero attached hydrogens (tertiary/aromatic N) is 1. The van der Waals surface area contributed by atoms with E-state index in [1.165, 1.54) is 31.5 Å². The van der Waals surface area contributed by atoms with Crippen LogP contribution in [0, 0.1) is 5.92 Å². The van der Waals surface area contributed by atoms with Crippen molar-refractivity contribution in [3.05, 3.63) is 35.9 Å². The lowest BCUT2D eigenvalue weighted by Gasteiger charge is -2.38. The summed E-state index contributed by atoms with van der Waals surface area (Å²) in [7, 11) is 0.